The molecule has 2 rings (SSSR count). The SMILES string of the molecule is COc1ccccc1CN(C)C(C)C(=O)Nc1ccc(Cl)c(S(=O)(=O)N(C)C)c1. The lowest BCUT2D eigenvalue weighted by Crippen LogP contribution is -2.39. The molecule has 0 saturated heterocycles. The van der Waals surface area contributed by atoms with Gasteiger partial charge < -0.3 is 10.1 Å². The van der Waals surface area contributed by atoms with Crippen molar-refractivity contribution in [3.63, 3.8) is 0 Å². The first-order chi connectivity index (χ1) is 13.6. The van der Waals surface area contributed by atoms with Crippen molar-refractivity contribution in [1.29, 1.82) is 0 Å². The van der Waals surface area contributed by atoms with Crippen LogP contribution in [0.15, 0.2) is 47.4 Å². The average molecular weight is 440 g/mol. The van der Waals surface area contributed by atoms with Crippen LogP contribution in [0.5, 0.6) is 5.75 Å². The maximum absolute atomic E-state index is 12.7. The fourth-order valence-corrected chi connectivity index (χ4v) is 4.06. The Morgan fingerprint density at radius 3 is 2.45 bits per heavy atom. The zero-order chi connectivity index (χ0) is 21.8. The summed E-state index contributed by atoms with van der Waals surface area (Å²) in [6.07, 6.45) is 0. The molecule has 9 heteroatoms. The highest BCUT2D eigenvalue weighted by Gasteiger charge is 2.23. The average Bonchev–Trinajstić information content (AvgIpc) is 2.68. The third kappa shape index (κ3) is 5.48. The van der Waals surface area contributed by atoms with Crippen LogP contribution in [0, 0.1) is 0 Å². The van der Waals surface area contributed by atoms with E-state index in [9.17, 15) is 13.2 Å². The Balaban J connectivity index is 2.15. The summed E-state index contributed by atoms with van der Waals surface area (Å²) in [7, 11) is 2.56. The predicted octanol–water partition coefficient (Wildman–Crippen LogP) is 3.06. The van der Waals surface area contributed by atoms with Crippen molar-refractivity contribution in [3.8, 4) is 5.75 Å². The Morgan fingerprint density at radius 2 is 1.83 bits per heavy atom. The molecule has 158 valence electrons. The number of ether oxygens (including phenoxy) is 1. The summed E-state index contributed by atoms with van der Waals surface area (Å²) in [5.74, 6) is 0.487. The van der Waals surface area contributed by atoms with Crippen LogP contribution in [0.25, 0.3) is 0 Å². The minimum Gasteiger partial charge on any atom is -0.496 e. The number of halogens is 1. The number of para-hydroxylation sites is 1. The Labute approximate surface area is 177 Å². The van der Waals surface area contributed by atoms with E-state index in [0.717, 1.165) is 15.6 Å². The number of nitrogens with one attached hydrogen (secondary N) is 1. The molecule has 0 bridgehead atoms. The molecule has 0 radical (unpaired) electrons. The molecule has 7 nitrogen and oxygen atoms in total. The highest BCUT2D eigenvalue weighted by Crippen LogP contribution is 2.27. The molecule has 1 unspecified atom stereocenters. The molecule has 0 aliphatic carbocycles. The molecule has 0 saturated carbocycles. The lowest BCUT2D eigenvalue weighted by molar-refractivity contribution is -0.120. The van der Waals surface area contributed by atoms with Crippen LogP contribution in [-0.4, -0.2) is 57.8 Å². The molecule has 0 heterocycles. The van der Waals surface area contributed by atoms with Crippen LogP contribution in [-0.2, 0) is 21.4 Å². The number of benzene rings is 2. The molecular weight excluding hydrogens is 414 g/mol. The first-order valence-electron chi connectivity index (χ1n) is 8.93. The normalized spacial score (nSPS) is 12.8. The molecule has 1 N–H and O–H groups in total. The van der Waals surface area contributed by atoms with Crippen molar-refractivity contribution >= 4 is 33.2 Å². The number of rotatable bonds is 8. The van der Waals surface area contributed by atoms with Gasteiger partial charge in [-0.2, -0.15) is 0 Å². The van der Waals surface area contributed by atoms with Crippen LogP contribution >= 0.6 is 11.6 Å². The molecule has 1 atom stereocenters. The van der Waals surface area contributed by atoms with Gasteiger partial charge in [0.1, 0.15) is 10.6 Å². The summed E-state index contributed by atoms with van der Waals surface area (Å²) in [6, 6.07) is 11.5. The third-order valence-electron chi connectivity index (χ3n) is 4.61. The van der Waals surface area contributed by atoms with Crippen LogP contribution in [0.2, 0.25) is 5.02 Å². The van der Waals surface area contributed by atoms with Gasteiger partial charge in [-0.15, -0.1) is 0 Å². The zero-order valence-electron chi connectivity index (χ0n) is 17.1. The number of methoxy groups -OCH3 is 1. The number of carbonyl (C=O) groups is 1. The summed E-state index contributed by atoms with van der Waals surface area (Å²) < 4.78 is 31.2. The van der Waals surface area contributed by atoms with Gasteiger partial charge >= 0.3 is 0 Å². The number of amides is 1. The van der Waals surface area contributed by atoms with Gasteiger partial charge in [0.25, 0.3) is 0 Å². The molecule has 0 aromatic heterocycles. The molecule has 0 fully saturated rings. The van der Waals surface area contributed by atoms with Gasteiger partial charge in [0.15, 0.2) is 0 Å². The van der Waals surface area contributed by atoms with E-state index < -0.39 is 16.1 Å². The van der Waals surface area contributed by atoms with E-state index in [1.54, 1.807) is 20.1 Å². The zero-order valence-corrected chi connectivity index (χ0v) is 18.7. The third-order valence-corrected chi connectivity index (χ3v) is 6.91. The Hall–Kier alpha value is -2.13. The molecule has 0 aliphatic rings. The molecule has 2 aromatic carbocycles. The van der Waals surface area contributed by atoms with E-state index in [4.69, 9.17) is 16.3 Å². The lowest BCUT2D eigenvalue weighted by atomic mass is 10.1. The quantitative estimate of drug-likeness (QED) is 0.683. The van der Waals surface area contributed by atoms with Crippen molar-refractivity contribution in [2.24, 2.45) is 0 Å². The summed E-state index contributed by atoms with van der Waals surface area (Å²) in [4.78, 5) is 14.5. The Morgan fingerprint density at radius 1 is 1.17 bits per heavy atom. The number of anilines is 1. The monoisotopic (exact) mass is 439 g/mol. The molecule has 0 aliphatic heterocycles. The number of hydrogen-bond acceptors (Lipinski definition) is 5. The van der Waals surface area contributed by atoms with Crippen LogP contribution in [0.1, 0.15) is 12.5 Å². The van der Waals surface area contributed by atoms with Gasteiger partial charge in [-0.3, -0.25) is 9.69 Å². The smallest absolute Gasteiger partial charge is 0.244 e. The van der Waals surface area contributed by atoms with Gasteiger partial charge in [-0.05, 0) is 38.2 Å². The number of hydrogen-bond donors (Lipinski definition) is 1. The largest absolute Gasteiger partial charge is 0.496 e. The van der Waals surface area contributed by atoms with Gasteiger partial charge in [-0.25, -0.2) is 12.7 Å². The van der Waals surface area contributed by atoms with Gasteiger partial charge in [0, 0.05) is 31.9 Å². The lowest BCUT2D eigenvalue weighted by Gasteiger charge is -2.25. The summed E-state index contributed by atoms with van der Waals surface area (Å²) >= 11 is 6.05. The predicted molar refractivity (Wildman–Crippen MR) is 115 cm³/mol. The number of nitrogens with zero attached hydrogens (tertiary/aromatic N) is 2. The van der Waals surface area contributed by atoms with E-state index >= 15 is 0 Å². The Kier molecular flexibility index (Phi) is 7.65. The van der Waals surface area contributed by atoms with Gasteiger partial charge in [0.2, 0.25) is 15.9 Å². The number of carbonyl (C=O) groups excluding carboxylic acids is 1. The fraction of sp³-hybridized carbons (Fsp3) is 0.350. The molecule has 0 spiro atoms. The second kappa shape index (κ2) is 9.58. The maximum Gasteiger partial charge on any atom is 0.244 e. The number of sulfonamides is 1. The van der Waals surface area contributed by atoms with Crippen molar-refractivity contribution in [2.45, 2.75) is 24.4 Å². The highest BCUT2D eigenvalue weighted by atomic mass is 35.5. The van der Waals surface area contributed by atoms with E-state index in [1.807, 2.05) is 36.2 Å². The van der Waals surface area contributed by atoms with Crippen molar-refractivity contribution in [1.82, 2.24) is 9.21 Å². The van der Waals surface area contributed by atoms with Crippen LogP contribution < -0.4 is 10.1 Å². The van der Waals surface area contributed by atoms with Crippen molar-refractivity contribution in [2.75, 3.05) is 33.6 Å². The fourth-order valence-electron chi connectivity index (χ4n) is 2.66. The van der Waals surface area contributed by atoms with E-state index in [0.29, 0.717) is 12.2 Å². The Bertz CT molecular complexity index is 979. The van der Waals surface area contributed by atoms with Crippen LogP contribution in [0.3, 0.4) is 0 Å². The molecule has 29 heavy (non-hydrogen) atoms. The van der Waals surface area contributed by atoms with Crippen LogP contribution in [0.4, 0.5) is 5.69 Å². The maximum atomic E-state index is 12.7. The first-order valence-corrected chi connectivity index (χ1v) is 10.7. The number of likely N-dealkylation sites (N-methyl/N-ethyl adjacent to an activating group) is 1. The van der Waals surface area contributed by atoms with Crippen molar-refractivity contribution < 1.29 is 17.9 Å². The van der Waals surface area contributed by atoms with Gasteiger partial charge in [-0.1, -0.05) is 29.8 Å². The first kappa shape index (κ1) is 23.2. The summed E-state index contributed by atoms with van der Waals surface area (Å²) in [5, 5.41) is 2.86. The second-order valence-corrected chi connectivity index (χ2v) is 9.35. The summed E-state index contributed by atoms with van der Waals surface area (Å²) in [5.41, 5.74) is 1.32. The van der Waals surface area contributed by atoms with E-state index in [2.05, 4.69) is 5.32 Å². The highest BCUT2D eigenvalue weighted by molar-refractivity contribution is 7.89. The summed E-state index contributed by atoms with van der Waals surface area (Å²) in [6.45, 7) is 2.29. The van der Waals surface area contributed by atoms with E-state index in [-0.39, 0.29) is 15.8 Å². The van der Waals surface area contributed by atoms with Crippen molar-refractivity contribution in [3.05, 3.63) is 53.1 Å². The molecular formula is C20H26ClN3O4S. The van der Waals surface area contributed by atoms with E-state index in [1.165, 1.54) is 26.2 Å². The standard InChI is InChI=1S/C20H26ClN3O4S/c1-14(24(4)13-15-8-6-7-9-18(15)28-5)20(25)22-16-10-11-17(21)19(12-16)29(26,27)23(2)3/h6-12,14H,13H2,1-5H3,(H,22,25). The second-order valence-electron chi connectivity index (χ2n) is 6.82. The molecule has 1 amide bonds. The minimum atomic E-state index is -3.73. The van der Waals surface area contributed by atoms with Gasteiger partial charge in [0.05, 0.1) is 18.2 Å². The topological polar surface area (TPSA) is 79.0 Å². The molecule has 2 aromatic rings. The minimum absolute atomic E-state index is 0.0583.